The lowest BCUT2D eigenvalue weighted by Crippen LogP contribution is -2.39. The van der Waals surface area contributed by atoms with Crippen LogP contribution in [0.5, 0.6) is 0 Å². The third-order valence-electron chi connectivity index (χ3n) is 6.97. The van der Waals surface area contributed by atoms with Gasteiger partial charge in [0, 0.05) is 0 Å². The normalized spacial score (nSPS) is 48.5. The fourth-order valence-corrected chi connectivity index (χ4v) is 6.37. The zero-order valence-electron chi connectivity index (χ0n) is 13.6. The summed E-state index contributed by atoms with van der Waals surface area (Å²) in [7, 11) is 0. The van der Waals surface area contributed by atoms with Crippen LogP contribution in [0.1, 0.15) is 46.5 Å². The van der Waals surface area contributed by atoms with Gasteiger partial charge in [0.25, 0.3) is 0 Å². The van der Waals surface area contributed by atoms with Gasteiger partial charge >= 0.3 is 11.9 Å². The van der Waals surface area contributed by atoms with Crippen molar-refractivity contribution in [3.63, 3.8) is 0 Å². The first-order valence-corrected chi connectivity index (χ1v) is 8.73. The van der Waals surface area contributed by atoms with Gasteiger partial charge in [-0.2, -0.15) is 0 Å². The summed E-state index contributed by atoms with van der Waals surface area (Å²) >= 11 is 0. The third-order valence-corrected chi connectivity index (χ3v) is 6.97. The summed E-state index contributed by atoms with van der Waals surface area (Å²) in [4.78, 5) is 23.8. The lowest BCUT2D eigenvalue weighted by molar-refractivity contribution is -0.163. The highest BCUT2D eigenvalue weighted by atomic mass is 16.5. The van der Waals surface area contributed by atoms with E-state index in [1.54, 1.807) is 0 Å². The first-order valence-electron chi connectivity index (χ1n) is 8.73. The van der Waals surface area contributed by atoms with E-state index in [1.807, 2.05) is 20.8 Å². The molecule has 4 fully saturated rings. The van der Waals surface area contributed by atoms with Crippen molar-refractivity contribution in [2.24, 2.45) is 46.8 Å². The fourth-order valence-electron chi connectivity index (χ4n) is 6.37. The minimum absolute atomic E-state index is 0.0340. The summed E-state index contributed by atoms with van der Waals surface area (Å²) in [5, 5.41) is 9.57. The summed E-state index contributed by atoms with van der Waals surface area (Å²) in [6.45, 7) is 5.68. The molecule has 4 saturated carbocycles. The van der Waals surface area contributed by atoms with Gasteiger partial charge in [0.05, 0.1) is 11.3 Å². The molecule has 4 aliphatic carbocycles. The first-order chi connectivity index (χ1) is 10.3. The highest BCUT2D eigenvalue weighted by molar-refractivity contribution is 5.75. The summed E-state index contributed by atoms with van der Waals surface area (Å²) in [5.74, 6) is 1.98. The monoisotopic (exact) mass is 306 g/mol. The second-order valence-corrected chi connectivity index (χ2v) is 9.01. The summed E-state index contributed by atoms with van der Waals surface area (Å²) in [6, 6.07) is 0. The van der Waals surface area contributed by atoms with Crippen LogP contribution in [-0.2, 0) is 14.3 Å². The van der Waals surface area contributed by atoms with E-state index >= 15 is 0 Å². The average Bonchev–Trinajstić information content (AvgIpc) is 3.13. The number of fused-ring (bicyclic) bond motifs is 9. The van der Waals surface area contributed by atoms with Crippen LogP contribution in [-0.4, -0.2) is 23.1 Å². The van der Waals surface area contributed by atoms with Crippen LogP contribution in [0.2, 0.25) is 0 Å². The molecule has 0 aromatic rings. The molecule has 4 rings (SSSR count). The van der Waals surface area contributed by atoms with Gasteiger partial charge in [-0.25, -0.2) is 0 Å². The van der Waals surface area contributed by atoms with Gasteiger partial charge in [-0.05, 0) is 82.0 Å². The second kappa shape index (κ2) is 4.48. The maximum Gasteiger partial charge on any atom is 0.311 e. The van der Waals surface area contributed by atoms with Crippen LogP contribution in [0.4, 0.5) is 0 Å². The van der Waals surface area contributed by atoms with Crippen LogP contribution in [0.25, 0.3) is 0 Å². The molecule has 4 heteroatoms. The van der Waals surface area contributed by atoms with E-state index in [-0.39, 0.29) is 18.0 Å². The van der Waals surface area contributed by atoms with Crippen molar-refractivity contribution >= 4 is 11.9 Å². The van der Waals surface area contributed by atoms with Crippen molar-refractivity contribution in [2.75, 3.05) is 0 Å². The van der Waals surface area contributed by atoms with Gasteiger partial charge in [0.1, 0.15) is 6.10 Å². The first kappa shape index (κ1) is 14.5. The van der Waals surface area contributed by atoms with Crippen molar-refractivity contribution in [1.29, 1.82) is 0 Å². The Bertz CT molecular complexity index is 520. The summed E-state index contributed by atoms with van der Waals surface area (Å²) in [5.41, 5.74) is -0.459. The lowest BCUT2D eigenvalue weighted by atomic mass is 9.70. The molecule has 4 aliphatic rings. The minimum Gasteiger partial charge on any atom is -0.481 e. The lowest BCUT2D eigenvalue weighted by Gasteiger charge is -2.38. The number of ether oxygens (including phenoxy) is 1. The largest absolute Gasteiger partial charge is 0.481 e. The van der Waals surface area contributed by atoms with Crippen molar-refractivity contribution in [3.8, 4) is 0 Å². The second-order valence-electron chi connectivity index (χ2n) is 9.01. The molecule has 0 aliphatic heterocycles. The van der Waals surface area contributed by atoms with Gasteiger partial charge in [-0.3, -0.25) is 9.59 Å². The Morgan fingerprint density at radius 1 is 1.00 bits per heavy atom. The molecular formula is C18H26O4. The number of carboxylic acid groups (broad SMARTS) is 1. The van der Waals surface area contributed by atoms with E-state index in [1.165, 1.54) is 0 Å². The standard InChI is InChI=1S/C18H26O4/c1-18(2,3)17(21)22-12-7-8-6-11(12)14-10-5-4-9(13(8)14)15(10)16(19)20/h8-15H,4-7H2,1-3H3,(H,19,20). The van der Waals surface area contributed by atoms with E-state index < -0.39 is 11.4 Å². The van der Waals surface area contributed by atoms with Gasteiger partial charge in [0.2, 0.25) is 0 Å². The molecule has 8 unspecified atom stereocenters. The predicted molar refractivity (Wildman–Crippen MR) is 79.9 cm³/mol. The number of aliphatic carboxylic acids is 1. The van der Waals surface area contributed by atoms with E-state index in [0.717, 1.165) is 25.7 Å². The zero-order chi connectivity index (χ0) is 15.8. The maximum absolute atomic E-state index is 12.2. The molecule has 0 aromatic carbocycles. The van der Waals surface area contributed by atoms with Crippen molar-refractivity contribution in [1.82, 2.24) is 0 Å². The molecule has 0 heterocycles. The SMILES string of the molecule is CC(C)(C)C(=O)OC1CC2CC1C1C3CCC(C3C(=O)O)C21. The molecule has 8 atom stereocenters. The highest BCUT2D eigenvalue weighted by Crippen LogP contribution is 2.69. The van der Waals surface area contributed by atoms with Gasteiger partial charge in [0.15, 0.2) is 0 Å². The molecule has 1 N–H and O–H groups in total. The van der Waals surface area contributed by atoms with Crippen LogP contribution < -0.4 is 0 Å². The number of carbonyl (C=O) groups is 2. The Hall–Kier alpha value is -1.06. The Balaban J connectivity index is 1.53. The molecule has 4 bridgehead atoms. The third kappa shape index (κ3) is 1.82. The van der Waals surface area contributed by atoms with E-state index in [2.05, 4.69) is 0 Å². The van der Waals surface area contributed by atoms with Crippen molar-refractivity contribution < 1.29 is 19.4 Å². The Labute approximate surface area is 131 Å². The molecular weight excluding hydrogens is 280 g/mol. The topological polar surface area (TPSA) is 63.6 Å². The summed E-state index contributed by atoms with van der Waals surface area (Å²) < 4.78 is 5.83. The van der Waals surface area contributed by atoms with E-state index in [9.17, 15) is 14.7 Å². The van der Waals surface area contributed by atoms with E-state index in [4.69, 9.17) is 4.74 Å². The fraction of sp³-hybridized carbons (Fsp3) is 0.889. The number of hydrogen-bond acceptors (Lipinski definition) is 3. The number of esters is 1. The number of hydrogen-bond donors (Lipinski definition) is 1. The van der Waals surface area contributed by atoms with Crippen LogP contribution >= 0.6 is 0 Å². The van der Waals surface area contributed by atoms with Gasteiger partial charge in [-0.15, -0.1) is 0 Å². The average molecular weight is 306 g/mol. The number of rotatable bonds is 2. The molecule has 4 nitrogen and oxygen atoms in total. The Morgan fingerprint density at radius 2 is 1.64 bits per heavy atom. The summed E-state index contributed by atoms with van der Waals surface area (Å²) in [6.07, 6.45) is 4.30. The van der Waals surface area contributed by atoms with Gasteiger partial charge < -0.3 is 9.84 Å². The van der Waals surface area contributed by atoms with Crippen LogP contribution in [0, 0.1) is 46.8 Å². The zero-order valence-corrected chi connectivity index (χ0v) is 13.6. The molecule has 22 heavy (non-hydrogen) atoms. The van der Waals surface area contributed by atoms with Crippen LogP contribution in [0.3, 0.4) is 0 Å². The van der Waals surface area contributed by atoms with E-state index in [0.29, 0.717) is 35.5 Å². The highest BCUT2D eigenvalue weighted by Gasteiger charge is 2.68. The smallest absolute Gasteiger partial charge is 0.311 e. The molecule has 0 radical (unpaired) electrons. The maximum atomic E-state index is 12.2. The quantitative estimate of drug-likeness (QED) is 0.629. The van der Waals surface area contributed by atoms with Crippen molar-refractivity contribution in [3.05, 3.63) is 0 Å². The Kier molecular flexibility index (Phi) is 2.96. The molecule has 0 aromatic heterocycles. The molecule has 0 spiro atoms. The van der Waals surface area contributed by atoms with Crippen LogP contribution in [0.15, 0.2) is 0 Å². The Morgan fingerprint density at radius 3 is 2.23 bits per heavy atom. The number of carboxylic acids is 1. The van der Waals surface area contributed by atoms with Crippen molar-refractivity contribution in [2.45, 2.75) is 52.6 Å². The number of carbonyl (C=O) groups excluding carboxylic acids is 1. The molecule has 0 saturated heterocycles. The van der Waals surface area contributed by atoms with Gasteiger partial charge in [-0.1, -0.05) is 0 Å². The predicted octanol–water partition coefficient (Wildman–Crippen LogP) is 2.96. The molecule has 122 valence electrons. The minimum atomic E-state index is -0.593. The molecule has 0 amide bonds.